The highest BCUT2D eigenvalue weighted by Crippen LogP contribution is 2.21. The number of nitrogens with one attached hydrogen (secondary N) is 1. The fraction of sp³-hybridized carbons (Fsp3) is 0.500. The van der Waals surface area contributed by atoms with Gasteiger partial charge in [-0.2, -0.15) is 5.26 Å². The van der Waals surface area contributed by atoms with Crippen molar-refractivity contribution < 1.29 is 9.47 Å². The number of hydrogen-bond acceptors (Lipinski definition) is 4. The van der Waals surface area contributed by atoms with Gasteiger partial charge in [0.05, 0.1) is 19.3 Å². The Morgan fingerprint density at radius 1 is 1.56 bits per heavy atom. The number of rotatable bonds is 4. The van der Waals surface area contributed by atoms with E-state index in [0.29, 0.717) is 11.3 Å². The number of hydrogen-bond donors (Lipinski definition) is 1. The lowest BCUT2D eigenvalue weighted by Gasteiger charge is -2.23. The maximum atomic E-state index is 8.92. The van der Waals surface area contributed by atoms with Gasteiger partial charge in [0.15, 0.2) is 0 Å². The van der Waals surface area contributed by atoms with Crippen LogP contribution in [0.4, 0.5) is 0 Å². The molecule has 1 aromatic carbocycles. The van der Waals surface area contributed by atoms with Crippen LogP contribution in [-0.4, -0.2) is 25.9 Å². The highest BCUT2D eigenvalue weighted by Gasteiger charge is 2.28. The molecule has 0 spiro atoms. The van der Waals surface area contributed by atoms with Gasteiger partial charge in [-0.15, -0.1) is 0 Å². The lowest BCUT2D eigenvalue weighted by molar-refractivity contribution is 0.171. The Morgan fingerprint density at radius 2 is 2.39 bits per heavy atom. The number of ether oxygens (including phenoxy) is 2. The minimum absolute atomic E-state index is 0.0567. The van der Waals surface area contributed by atoms with Gasteiger partial charge in [0.2, 0.25) is 0 Å². The summed E-state index contributed by atoms with van der Waals surface area (Å²) in [6, 6.07) is 7.77. The summed E-state index contributed by atoms with van der Waals surface area (Å²) in [7, 11) is 1.58. The van der Waals surface area contributed by atoms with Crippen LogP contribution in [0.1, 0.15) is 24.5 Å². The van der Waals surface area contributed by atoms with E-state index in [1.54, 1.807) is 13.2 Å². The molecule has 18 heavy (non-hydrogen) atoms. The van der Waals surface area contributed by atoms with E-state index in [1.807, 2.05) is 12.1 Å². The first-order chi connectivity index (χ1) is 8.67. The van der Waals surface area contributed by atoms with Gasteiger partial charge in [0.25, 0.3) is 0 Å². The number of nitrogens with zero attached hydrogens (tertiary/aromatic N) is 1. The van der Waals surface area contributed by atoms with Gasteiger partial charge >= 0.3 is 0 Å². The predicted octanol–water partition coefficient (Wildman–Crippen LogP) is 1.84. The van der Waals surface area contributed by atoms with Gasteiger partial charge in [-0.1, -0.05) is 6.07 Å². The molecule has 1 saturated heterocycles. The summed E-state index contributed by atoms with van der Waals surface area (Å²) < 4.78 is 10.6. The SMILES string of the molecule is COc1cc(CNC2(C)CCOC2)ccc1C#N. The first-order valence-corrected chi connectivity index (χ1v) is 6.07. The summed E-state index contributed by atoms with van der Waals surface area (Å²) in [4.78, 5) is 0. The van der Waals surface area contributed by atoms with Gasteiger partial charge in [-0.25, -0.2) is 0 Å². The zero-order valence-electron chi connectivity index (χ0n) is 10.8. The molecule has 1 fully saturated rings. The Kier molecular flexibility index (Phi) is 3.85. The molecule has 0 saturated carbocycles. The van der Waals surface area contributed by atoms with Crippen LogP contribution in [0.15, 0.2) is 18.2 Å². The number of nitriles is 1. The molecule has 1 aliphatic heterocycles. The highest BCUT2D eigenvalue weighted by atomic mass is 16.5. The van der Waals surface area contributed by atoms with Crippen LogP contribution in [0.2, 0.25) is 0 Å². The average Bonchev–Trinajstić information content (AvgIpc) is 2.83. The molecule has 0 aliphatic carbocycles. The van der Waals surface area contributed by atoms with Gasteiger partial charge in [-0.3, -0.25) is 0 Å². The summed E-state index contributed by atoms with van der Waals surface area (Å²) in [5.74, 6) is 0.629. The Morgan fingerprint density at radius 3 is 3.00 bits per heavy atom. The minimum Gasteiger partial charge on any atom is -0.495 e. The van der Waals surface area contributed by atoms with E-state index < -0.39 is 0 Å². The third-order valence-electron chi connectivity index (χ3n) is 3.32. The molecule has 96 valence electrons. The van der Waals surface area contributed by atoms with E-state index in [1.165, 1.54) is 0 Å². The maximum absolute atomic E-state index is 8.92. The van der Waals surface area contributed by atoms with Crippen molar-refractivity contribution in [3.63, 3.8) is 0 Å². The summed E-state index contributed by atoms with van der Waals surface area (Å²) in [6.45, 7) is 4.49. The molecule has 1 N–H and O–H groups in total. The molecule has 1 aromatic rings. The second-order valence-electron chi connectivity index (χ2n) is 4.86. The fourth-order valence-corrected chi connectivity index (χ4v) is 2.06. The van der Waals surface area contributed by atoms with E-state index in [2.05, 4.69) is 18.3 Å². The Bertz CT molecular complexity index is 459. The molecule has 0 amide bonds. The second kappa shape index (κ2) is 5.38. The number of benzene rings is 1. The van der Waals surface area contributed by atoms with Gasteiger partial charge in [0, 0.05) is 18.7 Å². The molecule has 4 nitrogen and oxygen atoms in total. The smallest absolute Gasteiger partial charge is 0.136 e. The average molecular weight is 246 g/mol. The van der Waals surface area contributed by atoms with E-state index in [4.69, 9.17) is 14.7 Å². The maximum Gasteiger partial charge on any atom is 0.136 e. The van der Waals surface area contributed by atoms with Crippen molar-refractivity contribution >= 4 is 0 Å². The van der Waals surface area contributed by atoms with Crippen molar-refractivity contribution in [3.8, 4) is 11.8 Å². The number of methoxy groups -OCH3 is 1. The van der Waals surface area contributed by atoms with Crippen LogP contribution in [0.5, 0.6) is 5.75 Å². The third kappa shape index (κ3) is 2.81. The van der Waals surface area contributed by atoms with E-state index in [0.717, 1.165) is 31.7 Å². The van der Waals surface area contributed by atoms with Crippen LogP contribution in [-0.2, 0) is 11.3 Å². The molecule has 0 bridgehead atoms. The zero-order valence-corrected chi connectivity index (χ0v) is 10.8. The molecule has 1 aliphatic rings. The summed E-state index contributed by atoms with van der Waals surface area (Å²) in [5, 5.41) is 12.4. The second-order valence-corrected chi connectivity index (χ2v) is 4.86. The van der Waals surface area contributed by atoms with Crippen LogP contribution in [0.25, 0.3) is 0 Å². The first-order valence-electron chi connectivity index (χ1n) is 6.07. The lowest BCUT2D eigenvalue weighted by Crippen LogP contribution is -2.42. The molecule has 1 heterocycles. The lowest BCUT2D eigenvalue weighted by atomic mass is 10.0. The predicted molar refractivity (Wildman–Crippen MR) is 68.4 cm³/mol. The third-order valence-corrected chi connectivity index (χ3v) is 3.32. The highest BCUT2D eigenvalue weighted by molar-refractivity contribution is 5.45. The molecular formula is C14H18N2O2. The molecular weight excluding hydrogens is 228 g/mol. The minimum atomic E-state index is 0.0567. The molecule has 1 unspecified atom stereocenters. The van der Waals surface area contributed by atoms with Gasteiger partial charge in [-0.05, 0) is 31.0 Å². The molecule has 0 radical (unpaired) electrons. The normalized spacial score (nSPS) is 22.7. The zero-order chi connectivity index (χ0) is 13.0. The van der Waals surface area contributed by atoms with Crippen molar-refractivity contribution in [2.45, 2.75) is 25.4 Å². The van der Waals surface area contributed by atoms with Crippen molar-refractivity contribution in [2.24, 2.45) is 0 Å². The van der Waals surface area contributed by atoms with E-state index in [9.17, 15) is 0 Å². The first kappa shape index (κ1) is 12.9. The van der Waals surface area contributed by atoms with Crippen LogP contribution >= 0.6 is 0 Å². The van der Waals surface area contributed by atoms with Gasteiger partial charge in [0.1, 0.15) is 11.8 Å². The quantitative estimate of drug-likeness (QED) is 0.880. The van der Waals surface area contributed by atoms with Crippen molar-refractivity contribution in [1.82, 2.24) is 5.32 Å². The van der Waals surface area contributed by atoms with Crippen molar-refractivity contribution in [2.75, 3.05) is 20.3 Å². The molecule has 1 atom stereocenters. The van der Waals surface area contributed by atoms with E-state index in [-0.39, 0.29) is 5.54 Å². The van der Waals surface area contributed by atoms with Crippen LogP contribution < -0.4 is 10.1 Å². The molecule has 4 heteroatoms. The van der Waals surface area contributed by atoms with Crippen LogP contribution in [0, 0.1) is 11.3 Å². The largest absolute Gasteiger partial charge is 0.495 e. The summed E-state index contributed by atoms with van der Waals surface area (Å²) in [6.07, 6.45) is 1.03. The standard InChI is InChI=1S/C14H18N2O2/c1-14(5-6-18-10-14)16-9-11-3-4-12(8-15)13(7-11)17-2/h3-4,7,16H,5-6,9-10H2,1-2H3. The van der Waals surface area contributed by atoms with Crippen molar-refractivity contribution in [1.29, 1.82) is 5.26 Å². The molecule has 0 aromatic heterocycles. The Labute approximate surface area is 108 Å². The topological polar surface area (TPSA) is 54.3 Å². The molecule has 2 rings (SSSR count). The fourth-order valence-electron chi connectivity index (χ4n) is 2.06. The summed E-state index contributed by atoms with van der Waals surface area (Å²) in [5.41, 5.74) is 1.73. The van der Waals surface area contributed by atoms with Gasteiger partial charge < -0.3 is 14.8 Å². The van der Waals surface area contributed by atoms with Crippen molar-refractivity contribution in [3.05, 3.63) is 29.3 Å². The Hall–Kier alpha value is -1.57. The monoisotopic (exact) mass is 246 g/mol. The summed E-state index contributed by atoms with van der Waals surface area (Å²) >= 11 is 0. The van der Waals surface area contributed by atoms with E-state index >= 15 is 0 Å². The van der Waals surface area contributed by atoms with Crippen LogP contribution in [0.3, 0.4) is 0 Å². The Balaban J connectivity index is 2.04.